The van der Waals surface area contributed by atoms with Crippen molar-refractivity contribution in [2.75, 3.05) is 13.1 Å². The van der Waals surface area contributed by atoms with Crippen molar-refractivity contribution in [2.24, 2.45) is 0 Å². The maximum absolute atomic E-state index is 11.9. The lowest BCUT2D eigenvalue weighted by Gasteiger charge is -2.23. The Balaban J connectivity index is 2.38. The zero-order valence-electron chi connectivity index (χ0n) is 9.77. The lowest BCUT2D eigenvalue weighted by molar-refractivity contribution is -0.129. The van der Waals surface area contributed by atoms with E-state index >= 15 is 0 Å². The molecular weight excluding hydrogens is 210 g/mol. The molecule has 3 nitrogen and oxygen atoms in total. The maximum Gasteiger partial charge on any atom is 0.235 e. The molecule has 1 aliphatic rings. The van der Waals surface area contributed by atoms with Crippen LogP contribution in [0.5, 0.6) is 0 Å². The van der Waals surface area contributed by atoms with Crippen molar-refractivity contribution in [1.29, 1.82) is 0 Å². The minimum absolute atomic E-state index is 0.0345. The zero-order valence-corrected chi connectivity index (χ0v) is 10.6. The monoisotopic (exact) mass is 231 g/mol. The standard InChI is InChI=1S/C11H21NO2S/c1-8(13)9(2)15-10(3)11(14)12-6-4-5-7-12/h8-10,13H,4-7H2,1-3H3. The molecule has 0 saturated carbocycles. The number of aliphatic hydroxyl groups excluding tert-OH is 1. The van der Waals surface area contributed by atoms with Gasteiger partial charge in [-0.05, 0) is 26.7 Å². The number of nitrogens with zero attached hydrogens (tertiary/aromatic N) is 1. The third-order valence-corrected chi connectivity index (χ3v) is 4.30. The third-order valence-electron chi connectivity index (χ3n) is 2.86. The van der Waals surface area contributed by atoms with Crippen LogP contribution >= 0.6 is 11.8 Å². The third kappa shape index (κ3) is 3.68. The molecule has 0 bridgehead atoms. The first-order valence-corrected chi connectivity index (χ1v) is 6.59. The number of likely N-dealkylation sites (tertiary alicyclic amines) is 1. The molecule has 0 aliphatic carbocycles. The SMILES string of the molecule is CC(SC(C)C(C)O)C(=O)N1CCCC1. The quantitative estimate of drug-likeness (QED) is 0.797. The summed E-state index contributed by atoms with van der Waals surface area (Å²) in [5.74, 6) is 0.227. The van der Waals surface area contributed by atoms with E-state index in [9.17, 15) is 9.90 Å². The highest BCUT2D eigenvalue weighted by Crippen LogP contribution is 2.23. The molecule has 1 saturated heterocycles. The second kappa shape index (κ2) is 5.75. The van der Waals surface area contributed by atoms with Gasteiger partial charge < -0.3 is 10.0 Å². The first-order valence-electron chi connectivity index (χ1n) is 5.64. The molecule has 1 rings (SSSR count). The van der Waals surface area contributed by atoms with Gasteiger partial charge in [-0.15, -0.1) is 11.8 Å². The van der Waals surface area contributed by atoms with Crippen molar-refractivity contribution in [3.05, 3.63) is 0 Å². The summed E-state index contributed by atoms with van der Waals surface area (Å²) < 4.78 is 0. The van der Waals surface area contributed by atoms with E-state index in [-0.39, 0.29) is 22.5 Å². The maximum atomic E-state index is 11.9. The van der Waals surface area contributed by atoms with Gasteiger partial charge in [0.2, 0.25) is 5.91 Å². The average Bonchev–Trinajstić information content (AvgIpc) is 2.68. The highest BCUT2D eigenvalue weighted by Gasteiger charge is 2.25. The zero-order chi connectivity index (χ0) is 11.4. The molecule has 1 fully saturated rings. The Morgan fingerprint density at radius 3 is 2.27 bits per heavy atom. The van der Waals surface area contributed by atoms with Crippen LogP contribution < -0.4 is 0 Å². The number of hydrogen-bond donors (Lipinski definition) is 1. The van der Waals surface area contributed by atoms with Crippen LogP contribution in [0.2, 0.25) is 0 Å². The predicted octanol–water partition coefficient (Wildman–Crippen LogP) is 1.50. The van der Waals surface area contributed by atoms with Gasteiger partial charge in [-0.2, -0.15) is 0 Å². The van der Waals surface area contributed by atoms with Crippen molar-refractivity contribution in [1.82, 2.24) is 4.90 Å². The molecule has 0 radical (unpaired) electrons. The normalized spacial score (nSPS) is 22.5. The van der Waals surface area contributed by atoms with Gasteiger partial charge >= 0.3 is 0 Å². The van der Waals surface area contributed by atoms with Crippen LogP contribution in [0.4, 0.5) is 0 Å². The molecule has 88 valence electrons. The predicted molar refractivity (Wildman–Crippen MR) is 64.0 cm³/mol. The molecule has 4 heteroatoms. The van der Waals surface area contributed by atoms with Crippen molar-refractivity contribution >= 4 is 17.7 Å². The van der Waals surface area contributed by atoms with Crippen LogP contribution in [0.3, 0.4) is 0 Å². The second-order valence-corrected chi connectivity index (χ2v) is 5.98. The fourth-order valence-electron chi connectivity index (χ4n) is 1.69. The van der Waals surface area contributed by atoms with E-state index in [4.69, 9.17) is 0 Å². The summed E-state index contributed by atoms with van der Waals surface area (Å²) in [4.78, 5) is 13.9. The van der Waals surface area contributed by atoms with E-state index in [2.05, 4.69) is 0 Å². The summed E-state index contributed by atoms with van der Waals surface area (Å²) in [7, 11) is 0. The Kier molecular flexibility index (Phi) is 4.93. The van der Waals surface area contributed by atoms with Crippen LogP contribution in [-0.4, -0.2) is 45.6 Å². The largest absolute Gasteiger partial charge is 0.392 e. The van der Waals surface area contributed by atoms with Crippen LogP contribution in [0.25, 0.3) is 0 Å². The van der Waals surface area contributed by atoms with E-state index in [1.54, 1.807) is 18.7 Å². The molecule has 3 atom stereocenters. The topological polar surface area (TPSA) is 40.5 Å². The molecule has 0 aromatic heterocycles. The first kappa shape index (κ1) is 12.8. The van der Waals surface area contributed by atoms with Crippen LogP contribution in [0.1, 0.15) is 33.6 Å². The second-order valence-electron chi connectivity index (χ2n) is 4.26. The van der Waals surface area contributed by atoms with Gasteiger partial charge in [0.25, 0.3) is 0 Å². The van der Waals surface area contributed by atoms with Crippen molar-refractivity contribution in [2.45, 2.75) is 50.2 Å². The summed E-state index contributed by atoms with van der Waals surface area (Å²) in [5, 5.41) is 9.45. The Labute approximate surface area is 96.2 Å². The number of rotatable bonds is 4. The van der Waals surface area contributed by atoms with Gasteiger partial charge in [0.1, 0.15) is 0 Å². The van der Waals surface area contributed by atoms with Crippen LogP contribution in [0, 0.1) is 0 Å². The summed E-state index contributed by atoms with van der Waals surface area (Å²) in [6, 6.07) is 0. The number of amides is 1. The fourth-order valence-corrected chi connectivity index (χ4v) is 2.83. The van der Waals surface area contributed by atoms with E-state index < -0.39 is 0 Å². The van der Waals surface area contributed by atoms with Gasteiger partial charge in [0, 0.05) is 18.3 Å². The molecule has 0 aromatic carbocycles. The highest BCUT2D eigenvalue weighted by atomic mass is 32.2. The van der Waals surface area contributed by atoms with Gasteiger partial charge in [-0.1, -0.05) is 6.92 Å². The number of hydrogen-bond acceptors (Lipinski definition) is 3. The molecule has 15 heavy (non-hydrogen) atoms. The lowest BCUT2D eigenvalue weighted by atomic mass is 10.3. The van der Waals surface area contributed by atoms with E-state index in [1.807, 2.05) is 18.7 Å². The Morgan fingerprint density at radius 1 is 1.27 bits per heavy atom. The molecule has 1 N–H and O–H groups in total. The minimum atomic E-state index is -0.358. The summed E-state index contributed by atoms with van der Waals surface area (Å²) in [5.41, 5.74) is 0. The van der Waals surface area contributed by atoms with E-state index in [1.165, 1.54) is 0 Å². The fraction of sp³-hybridized carbons (Fsp3) is 0.909. The Bertz CT molecular complexity index is 215. The van der Waals surface area contributed by atoms with E-state index in [0.717, 1.165) is 25.9 Å². The van der Waals surface area contributed by atoms with Crippen molar-refractivity contribution in [3.63, 3.8) is 0 Å². The van der Waals surface area contributed by atoms with Gasteiger partial charge in [0.05, 0.1) is 11.4 Å². The Morgan fingerprint density at radius 2 is 1.80 bits per heavy atom. The van der Waals surface area contributed by atoms with Crippen molar-refractivity contribution < 1.29 is 9.90 Å². The van der Waals surface area contributed by atoms with E-state index in [0.29, 0.717) is 0 Å². The van der Waals surface area contributed by atoms with Crippen molar-refractivity contribution in [3.8, 4) is 0 Å². The number of thioether (sulfide) groups is 1. The number of carbonyl (C=O) groups excluding carboxylic acids is 1. The minimum Gasteiger partial charge on any atom is -0.392 e. The van der Waals surface area contributed by atoms with Crippen LogP contribution in [-0.2, 0) is 4.79 Å². The first-order chi connectivity index (χ1) is 7.02. The summed E-state index contributed by atoms with van der Waals surface area (Å²) in [6.45, 7) is 7.48. The van der Waals surface area contributed by atoms with Crippen LogP contribution in [0.15, 0.2) is 0 Å². The summed E-state index contributed by atoms with van der Waals surface area (Å²) >= 11 is 1.56. The Hall–Kier alpha value is -0.220. The summed E-state index contributed by atoms with van der Waals surface area (Å²) in [6.07, 6.45) is 1.91. The molecule has 0 aromatic rings. The molecule has 3 unspecified atom stereocenters. The number of carbonyl (C=O) groups is 1. The smallest absolute Gasteiger partial charge is 0.235 e. The van der Waals surface area contributed by atoms with Gasteiger partial charge in [-0.3, -0.25) is 4.79 Å². The molecular formula is C11H21NO2S. The molecule has 1 aliphatic heterocycles. The number of aliphatic hydroxyl groups is 1. The van der Waals surface area contributed by atoms with Gasteiger partial charge in [-0.25, -0.2) is 0 Å². The molecule has 1 amide bonds. The average molecular weight is 231 g/mol. The highest BCUT2D eigenvalue weighted by molar-refractivity contribution is 8.01. The lowest BCUT2D eigenvalue weighted by Crippen LogP contribution is -2.35. The molecule has 1 heterocycles. The van der Waals surface area contributed by atoms with Gasteiger partial charge in [0.15, 0.2) is 0 Å². The molecule has 0 spiro atoms.